The van der Waals surface area contributed by atoms with Crippen molar-refractivity contribution in [3.05, 3.63) is 58.9 Å². The summed E-state index contributed by atoms with van der Waals surface area (Å²) < 4.78 is 0. The van der Waals surface area contributed by atoms with Gasteiger partial charge in [0.15, 0.2) is 0 Å². The first-order valence-electron chi connectivity index (χ1n) is 8.84. The van der Waals surface area contributed by atoms with Gasteiger partial charge in [-0.25, -0.2) is 0 Å². The van der Waals surface area contributed by atoms with Gasteiger partial charge in [-0.3, -0.25) is 19.8 Å². The zero-order chi connectivity index (χ0) is 18.3. The Balaban J connectivity index is 1.59. The molecule has 0 radical (unpaired) electrons. The molecule has 0 bridgehead atoms. The highest BCUT2D eigenvalue weighted by atomic mass is 16.5. The number of rotatable bonds is 2. The van der Waals surface area contributed by atoms with Crippen molar-refractivity contribution in [2.24, 2.45) is 5.41 Å². The fraction of sp³-hybridized carbons (Fsp3) is 0.350. The lowest BCUT2D eigenvalue weighted by Crippen LogP contribution is -2.36. The highest BCUT2D eigenvalue weighted by Crippen LogP contribution is 2.41. The number of fused-ring (bicyclic) bond motifs is 1. The average molecular weight is 351 g/mol. The van der Waals surface area contributed by atoms with E-state index < -0.39 is 5.91 Å². The fourth-order valence-electron chi connectivity index (χ4n) is 4.02. The van der Waals surface area contributed by atoms with Crippen LogP contribution in [0.2, 0.25) is 0 Å². The Morgan fingerprint density at radius 2 is 2.12 bits per heavy atom. The predicted molar refractivity (Wildman–Crippen MR) is 96.1 cm³/mol. The molecule has 2 N–H and O–H groups in total. The van der Waals surface area contributed by atoms with Crippen molar-refractivity contribution in [3.63, 3.8) is 0 Å². The van der Waals surface area contributed by atoms with Gasteiger partial charge in [-0.1, -0.05) is 6.07 Å². The van der Waals surface area contributed by atoms with Crippen LogP contribution in [0.5, 0.6) is 0 Å². The van der Waals surface area contributed by atoms with Crippen LogP contribution in [-0.2, 0) is 17.6 Å². The Morgan fingerprint density at radius 3 is 2.85 bits per heavy atom. The molecule has 6 heteroatoms. The molecule has 2 amide bonds. The molecular formula is C20H21N3O3. The number of nitrogens with one attached hydrogen (secondary N) is 1. The molecule has 134 valence electrons. The van der Waals surface area contributed by atoms with E-state index in [1.165, 1.54) is 6.20 Å². The second kappa shape index (κ2) is 6.21. The first-order chi connectivity index (χ1) is 12.5. The summed E-state index contributed by atoms with van der Waals surface area (Å²) >= 11 is 0. The summed E-state index contributed by atoms with van der Waals surface area (Å²) in [5.41, 5.74) is 3.49. The highest BCUT2D eigenvalue weighted by Gasteiger charge is 2.44. The number of hydroxylamine groups is 1. The fourth-order valence-corrected chi connectivity index (χ4v) is 4.02. The Morgan fingerprint density at radius 1 is 1.27 bits per heavy atom. The molecule has 2 aromatic rings. The van der Waals surface area contributed by atoms with Crippen molar-refractivity contribution in [1.82, 2.24) is 10.3 Å². The monoisotopic (exact) mass is 351 g/mol. The molecule has 1 atom stereocenters. The van der Waals surface area contributed by atoms with Gasteiger partial charge in [0.05, 0.1) is 17.3 Å². The van der Waals surface area contributed by atoms with Crippen LogP contribution in [0.1, 0.15) is 39.9 Å². The summed E-state index contributed by atoms with van der Waals surface area (Å²) in [7, 11) is 0. The van der Waals surface area contributed by atoms with Crippen LogP contribution in [0.4, 0.5) is 5.69 Å². The standard InChI is InChI=1S/C20H21N3O3/c1-13-5-8-21-12-17(13)23(26)18(24)15-2-3-16-11-20(6-4-14(16)10-15)7-9-22-19(20)25/h2-3,5,8,10,12,26H,4,6-7,9,11H2,1H3,(H,22,25)/t20-/m0/s1. The molecule has 1 aliphatic carbocycles. The lowest BCUT2D eigenvalue weighted by molar-refractivity contribution is -0.128. The number of hydrogen-bond acceptors (Lipinski definition) is 4. The number of amides is 2. The van der Waals surface area contributed by atoms with Crippen LogP contribution in [0.25, 0.3) is 0 Å². The van der Waals surface area contributed by atoms with E-state index >= 15 is 0 Å². The molecule has 1 fully saturated rings. The zero-order valence-corrected chi connectivity index (χ0v) is 14.7. The van der Waals surface area contributed by atoms with Gasteiger partial charge in [-0.2, -0.15) is 5.06 Å². The average Bonchev–Trinajstić information content (AvgIpc) is 3.00. The van der Waals surface area contributed by atoms with E-state index in [9.17, 15) is 14.8 Å². The van der Waals surface area contributed by atoms with E-state index in [1.54, 1.807) is 18.3 Å². The van der Waals surface area contributed by atoms with Crippen molar-refractivity contribution in [2.75, 3.05) is 11.6 Å². The molecule has 1 aromatic heterocycles. The first-order valence-corrected chi connectivity index (χ1v) is 8.84. The maximum absolute atomic E-state index is 12.7. The Hall–Kier alpha value is -2.73. The normalized spacial score (nSPS) is 21.4. The summed E-state index contributed by atoms with van der Waals surface area (Å²) in [6.07, 6.45) is 6.23. The number of pyridine rings is 1. The second-order valence-electron chi connectivity index (χ2n) is 7.23. The molecule has 2 aliphatic rings. The number of carbonyl (C=O) groups excluding carboxylic acids is 2. The molecule has 1 saturated heterocycles. The third-order valence-corrected chi connectivity index (χ3v) is 5.66. The maximum Gasteiger partial charge on any atom is 0.282 e. The molecule has 1 aromatic carbocycles. The summed E-state index contributed by atoms with van der Waals surface area (Å²) in [5, 5.41) is 13.9. The van der Waals surface area contributed by atoms with Crippen LogP contribution >= 0.6 is 0 Å². The van der Waals surface area contributed by atoms with Gasteiger partial charge in [0, 0.05) is 18.3 Å². The molecule has 0 unspecified atom stereocenters. The predicted octanol–water partition coefficient (Wildman–Crippen LogP) is 2.42. The molecule has 4 rings (SSSR count). The van der Waals surface area contributed by atoms with Gasteiger partial charge in [-0.15, -0.1) is 0 Å². The maximum atomic E-state index is 12.7. The van der Waals surface area contributed by atoms with Gasteiger partial charge >= 0.3 is 0 Å². The van der Waals surface area contributed by atoms with E-state index in [4.69, 9.17) is 0 Å². The third-order valence-electron chi connectivity index (χ3n) is 5.66. The molecule has 0 saturated carbocycles. The van der Waals surface area contributed by atoms with Gasteiger partial charge in [0.25, 0.3) is 5.91 Å². The number of anilines is 1. The van der Waals surface area contributed by atoms with Crippen LogP contribution in [0, 0.1) is 12.3 Å². The van der Waals surface area contributed by atoms with E-state index in [2.05, 4.69) is 10.3 Å². The largest absolute Gasteiger partial charge is 0.356 e. The lowest BCUT2D eigenvalue weighted by atomic mass is 9.70. The van der Waals surface area contributed by atoms with Crippen molar-refractivity contribution in [1.29, 1.82) is 0 Å². The van der Waals surface area contributed by atoms with Gasteiger partial charge in [-0.05, 0) is 67.5 Å². The van der Waals surface area contributed by atoms with Crippen molar-refractivity contribution in [2.45, 2.75) is 32.6 Å². The SMILES string of the molecule is Cc1ccncc1N(O)C(=O)c1ccc2c(c1)CC[C@]1(CCNC1=O)C2. The second-order valence-corrected chi connectivity index (χ2v) is 7.23. The molecule has 1 aliphatic heterocycles. The topological polar surface area (TPSA) is 82.5 Å². The number of carbonyl (C=O) groups is 2. The molecule has 26 heavy (non-hydrogen) atoms. The minimum atomic E-state index is -0.484. The smallest absolute Gasteiger partial charge is 0.282 e. The van der Waals surface area contributed by atoms with Crippen LogP contribution in [0.15, 0.2) is 36.7 Å². The van der Waals surface area contributed by atoms with Gasteiger partial charge in [0.2, 0.25) is 5.91 Å². The van der Waals surface area contributed by atoms with E-state index in [1.807, 2.05) is 19.1 Å². The number of aromatic nitrogens is 1. The lowest BCUT2D eigenvalue weighted by Gasteiger charge is -2.32. The van der Waals surface area contributed by atoms with Crippen molar-refractivity contribution >= 4 is 17.5 Å². The van der Waals surface area contributed by atoms with Crippen molar-refractivity contribution < 1.29 is 14.8 Å². The molecule has 6 nitrogen and oxygen atoms in total. The summed E-state index contributed by atoms with van der Waals surface area (Å²) in [6, 6.07) is 7.22. The highest BCUT2D eigenvalue weighted by molar-refractivity contribution is 6.04. The Kier molecular flexibility index (Phi) is 4.00. The van der Waals surface area contributed by atoms with Crippen LogP contribution < -0.4 is 10.4 Å². The van der Waals surface area contributed by atoms with E-state index in [0.717, 1.165) is 42.5 Å². The molecular weight excluding hydrogens is 330 g/mol. The van der Waals surface area contributed by atoms with Gasteiger partial charge in [0.1, 0.15) is 0 Å². The molecule has 1 spiro atoms. The van der Waals surface area contributed by atoms with E-state index in [0.29, 0.717) is 22.7 Å². The number of nitrogens with zero attached hydrogens (tertiary/aromatic N) is 2. The molecule has 2 heterocycles. The third kappa shape index (κ3) is 2.66. The first kappa shape index (κ1) is 16.7. The summed E-state index contributed by atoms with van der Waals surface area (Å²) in [5.74, 6) is -0.334. The minimum Gasteiger partial charge on any atom is -0.356 e. The quantitative estimate of drug-likeness (QED) is 0.643. The van der Waals surface area contributed by atoms with E-state index in [-0.39, 0.29) is 11.3 Å². The Labute approximate surface area is 151 Å². The Bertz CT molecular complexity index is 896. The zero-order valence-electron chi connectivity index (χ0n) is 14.7. The van der Waals surface area contributed by atoms with Crippen LogP contribution in [-0.4, -0.2) is 28.6 Å². The minimum absolute atomic E-state index is 0.150. The summed E-state index contributed by atoms with van der Waals surface area (Å²) in [6.45, 7) is 2.56. The number of hydrogen-bond donors (Lipinski definition) is 2. The van der Waals surface area contributed by atoms with Crippen molar-refractivity contribution in [3.8, 4) is 0 Å². The number of benzene rings is 1. The number of aryl methyl sites for hydroxylation is 2. The van der Waals surface area contributed by atoms with Gasteiger partial charge < -0.3 is 5.32 Å². The summed E-state index contributed by atoms with van der Waals surface area (Å²) in [4.78, 5) is 28.8. The van der Waals surface area contributed by atoms with Crippen LogP contribution in [0.3, 0.4) is 0 Å².